The number of anilines is 3. The summed E-state index contributed by atoms with van der Waals surface area (Å²) >= 11 is 0. The fraction of sp³-hybridized carbons (Fsp3) is 0. The largest absolute Gasteiger partial charge is 0.309 e. The van der Waals surface area contributed by atoms with Crippen molar-refractivity contribution in [3.8, 4) is 22.3 Å². The quantitative estimate of drug-likeness (QED) is 0.133. The van der Waals surface area contributed by atoms with Crippen molar-refractivity contribution in [1.82, 2.24) is 0 Å². The van der Waals surface area contributed by atoms with E-state index >= 15 is 0 Å². The van der Waals surface area contributed by atoms with Gasteiger partial charge >= 0.3 is 0 Å². The van der Waals surface area contributed by atoms with E-state index in [-0.39, 0.29) is 0 Å². The summed E-state index contributed by atoms with van der Waals surface area (Å²) in [7, 11) is 0. The van der Waals surface area contributed by atoms with E-state index in [1.165, 1.54) is 77.2 Å². The molecule has 10 aromatic carbocycles. The minimum absolute atomic E-state index is 1.09. The van der Waals surface area contributed by atoms with E-state index in [1.807, 2.05) is 0 Å². The fourth-order valence-electron chi connectivity index (χ4n) is 8.46. The maximum Gasteiger partial charge on any atom is 0.0540 e. The topological polar surface area (TPSA) is 3.24 Å². The standard InChI is InChI=1S/C58H41N/c1-5-20-43(21-6-1)53-29-15-17-31-55(53)59(56-32-18-16-30-54(56)44-22-7-2-8-23-44)52-38-37-48-40-51(36-34-49(48)41-52)58(46-26-11-4-12-27-46)57(45-24-9-3-10-25-45)50-35-33-42-19-13-14-28-47(42)39-50/h1-41H. The van der Waals surface area contributed by atoms with Crippen LogP contribution < -0.4 is 4.90 Å². The van der Waals surface area contributed by atoms with Gasteiger partial charge in [0.2, 0.25) is 0 Å². The highest BCUT2D eigenvalue weighted by molar-refractivity contribution is 6.07. The Kier molecular flexibility index (Phi) is 9.68. The van der Waals surface area contributed by atoms with E-state index in [4.69, 9.17) is 0 Å². The van der Waals surface area contributed by atoms with Gasteiger partial charge in [0, 0.05) is 16.8 Å². The Morgan fingerprint density at radius 2 is 0.627 bits per heavy atom. The lowest BCUT2D eigenvalue weighted by Crippen LogP contribution is -2.12. The molecule has 0 radical (unpaired) electrons. The van der Waals surface area contributed by atoms with Gasteiger partial charge in [-0.25, -0.2) is 0 Å². The second-order valence-electron chi connectivity index (χ2n) is 14.9. The molecule has 0 fully saturated rings. The molecule has 0 aliphatic rings. The summed E-state index contributed by atoms with van der Waals surface area (Å²) in [5, 5.41) is 4.81. The maximum absolute atomic E-state index is 2.43. The molecule has 0 saturated heterocycles. The summed E-state index contributed by atoms with van der Waals surface area (Å²) < 4.78 is 0. The molecular formula is C58H41N. The molecule has 0 unspecified atom stereocenters. The summed E-state index contributed by atoms with van der Waals surface area (Å²) in [6.45, 7) is 0. The molecule has 0 saturated carbocycles. The molecule has 0 aliphatic carbocycles. The molecular weight excluding hydrogens is 711 g/mol. The van der Waals surface area contributed by atoms with Crippen molar-refractivity contribution in [3.63, 3.8) is 0 Å². The number of fused-ring (bicyclic) bond motifs is 2. The van der Waals surface area contributed by atoms with Gasteiger partial charge in [-0.3, -0.25) is 0 Å². The second kappa shape index (κ2) is 16.0. The Morgan fingerprint density at radius 3 is 1.15 bits per heavy atom. The van der Waals surface area contributed by atoms with Gasteiger partial charge in [-0.15, -0.1) is 0 Å². The molecule has 0 atom stereocenters. The Morgan fingerprint density at radius 1 is 0.254 bits per heavy atom. The molecule has 0 spiro atoms. The van der Waals surface area contributed by atoms with E-state index in [9.17, 15) is 0 Å². The minimum Gasteiger partial charge on any atom is -0.309 e. The van der Waals surface area contributed by atoms with Gasteiger partial charge in [0.15, 0.2) is 0 Å². The van der Waals surface area contributed by atoms with Gasteiger partial charge in [-0.1, -0.05) is 212 Å². The van der Waals surface area contributed by atoms with Crippen LogP contribution in [-0.4, -0.2) is 0 Å². The highest BCUT2D eigenvalue weighted by Crippen LogP contribution is 2.46. The molecule has 0 amide bonds. The van der Waals surface area contributed by atoms with Gasteiger partial charge in [-0.2, -0.15) is 0 Å². The Balaban J connectivity index is 1.18. The first-order valence-electron chi connectivity index (χ1n) is 20.3. The summed E-state index contributed by atoms with van der Waals surface area (Å²) in [4.78, 5) is 2.43. The number of hydrogen-bond acceptors (Lipinski definition) is 1. The van der Waals surface area contributed by atoms with Gasteiger partial charge in [0.05, 0.1) is 11.4 Å². The molecule has 0 heterocycles. The zero-order chi connectivity index (χ0) is 39.4. The molecule has 278 valence electrons. The molecule has 1 nitrogen and oxygen atoms in total. The van der Waals surface area contributed by atoms with Crippen LogP contribution in [0.3, 0.4) is 0 Å². The lowest BCUT2D eigenvalue weighted by atomic mass is 9.84. The van der Waals surface area contributed by atoms with E-state index in [0.29, 0.717) is 0 Å². The molecule has 10 rings (SSSR count). The number of rotatable bonds is 9. The average Bonchev–Trinajstić information content (AvgIpc) is 3.32. The summed E-state index contributed by atoms with van der Waals surface area (Å²) in [5.74, 6) is 0. The van der Waals surface area contributed by atoms with Crippen LogP contribution in [0.25, 0.3) is 54.9 Å². The number of para-hydroxylation sites is 2. The smallest absolute Gasteiger partial charge is 0.0540 e. The number of nitrogens with zero attached hydrogens (tertiary/aromatic N) is 1. The normalized spacial score (nSPS) is 11.7. The monoisotopic (exact) mass is 751 g/mol. The third-order valence-electron chi connectivity index (χ3n) is 11.2. The molecule has 0 N–H and O–H groups in total. The summed E-state index contributed by atoms with van der Waals surface area (Å²) in [5.41, 5.74) is 15.2. The molecule has 1 heteroatoms. The van der Waals surface area contributed by atoms with E-state index in [1.54, 1.807) is 0 Å². The maximum atomic E-state index is 2.43. The minimum atomic E-state index is 1.09. The summed E-state index contributed by atoms with van der Waals surface area (Å²) in [6, 6.07) is 89.9. The Hall–Kier alpha value is -7.74. The van der Waals surface area contributed by atoms with Crippen molar-refractivity contribution < 1.29 is 0 Å². The summed E-state index contributed by atoms with van der Waals surface area (Å²) in [6.07, 6.45) is 0. The molecule has 0 bridgehead atoms. The van der Waals surface area contributed by atoms with Crippen molar-refractivity contribution in [3.05, 3.63) is 271 Å². The third kappa shape index (κ3) is 7.12. The molecule has 10 aromatic rings. The van der Waals surface area contributed by atoms with Gasteiger partial charge in [-0.05, 0) is 102 Å². The van der Waals surface area contributed by atoms with Crippen LogP contribution in [0.4, 0.5) is 17.1 Å². The van der Waals surface area contributed by atoms with Crippen molar-refractivity contribution >= 4 is 49.8 Å². The first-order chi connectivity index (χ1) is 29.3. The highest BCUT2D eigenvalue weighted by Gasteiger charge is 2.22. The third-order valence-corrected chi connectivity index (χ3v) is 11.2. The highest BCUT2D eigenvalue weighted by atomic mass is 15.1. The fourth-order valence-corrected chi connectivity index (χ4v) is 8.46. The van der Waals surface area contributed by atoms with Crippen LogP contribution in [0.2, 0.25) is 0 Å². The van der Waals surface area contributed by atoms with Crippen LogP contribution in [0.15, 0.2) is 249 Å². The van der Waals surface area contributed by atoms with Crippen LogP contribution in [0, 0.1) is 0 Å². The lowest BCUT2D eigenvalue weighted by molar-refractivity contribution is 1.29. The zero-order valence-corrected chi connectivity index (χ0v) is 32.6. The predicted molar refractivity (Wildman–Crippen MR) is 251 cm³/mol. The first kappa shape index (κ1) is 35.7. The first-order valence-corrected chi connectivity index (χ1v) is 20.3. The van der Waals surface area contributed by atoms with E-state index in [2.05, 4.69) is 254 Å². The van der Waals surface area contributed by atoms with Crippen molar-refractivity contribution in [2.24, 2.45) is 0 Å². The molecule has 59 heavy (non-hydrogen) atoms. The van der Waals surface area contributed by atoms with Gasteiger partial charge < -0.3 is 4.90 Å². The number of hydrogen-bond donors (Lipinski definition) is 0. The average molecular weight is 752 g/mol. The predicted octanol–water partition coefficient (Wildman–Crippen LogP) is 15.8. The van der Waals surface area contributed by atoms with Gasteiger partial charge in [0.25, 0.3) is 0 Å². The van der Waals surface area contributed by atoms with Crippen LogP contribution >= 0.6 is 0 Å². The van der Waals surface area contributed by atoms with Crippen molar-refractivity contribution in [2.45, 2.75) is 0 Å². The van der Waals surface area contributed by atoms with Crippen molar-refractivity contribution in [1.29, 1.82) is 0 Å². The van der Waals surface area contributed by atoms with Crippen LogP contribution in [0.1, 0.15) is 22.3 Å². The Bertz CT molecular complexity index is 2990. The van der Waals surface area contributed by atoms with E-state index in [0.717, 1.165) is 17.1 Å². The SMILES string of the molecule is c1ccc(C(=C(c2ccccc2)c2ccc3cc(N(c4ccccc4-c4ccccc4)c4ccccc4-c4ccccc4)ccc3c2)c2ccc3ccccc3c2)cc1. The van der Waals surface area contributed by atoms with Crippen LogP contribution in [-0.2, 0) is 0 Å². The van der Waals surface area contributed by atoms with Gasteiger partial charge in [0.1, 0.15) is 0 Å². The van der Waals surface area contributed by atoms with Crippen LogP contribution in [0.5, 0.6) is 0 Å². The number of benzene rings is 10. The second-order valence-corrected chi connectivity index (χ2v) is 14.9. The lowest BCUT2D eigenvalue weighted by Gasteiger charge is -2.30. The zero-order valence-electron chi connectivity index (χ0n) is 32.6. The molecule has 0 aromatic heterocycles. The molecule has 0 aliphatic heterocycles. The van der Waals surface area contributed by atoms with E-state index < -0.39 is 0 Å². The Labute approximate surface area is 346 Å². The van der Waals surface area contributed by atoms with Crippen molar-refractivity contribution in [2.75, 3.05) is 4.90 Å².